The lowest BCUT2D eigenvalue weighted by atomic mass is 10.1. The molecule has 9 heteroatoms. The number of amides is 1. The number of rotatable bonds is 3. The van der Waals surface area contributed by atoms with Crippen molar-refractivity contribution in [2.75, 3.05) is 36.0 Å². The summed E-state index contributed by atoms with van der Waals surface area (Å²) in [4.78, 5) is 32.2. The SMILES string of the molecule is Cc1nc2c(c(N3CCC3)n1)CN(C(=O)OC1CN(c3cnc(C)c(Cl)c3)C1)C2. The summed E-state index contributed by atoms with van der Waals surface area (Å²) >= 11 is 6.16. The zero-order valence-electron chi connectivity index (χ0n) is 16.6. The molecule has 5 heterocycles. The standard InChI is InChI=1S/C20H23ClN6O2/c1-12-17(21)6-14(7-22-12)26-8-15(9-26)29-20(28)27-10-16-18(11-27)23-13(2)24-19(16)25-4-3-5-25/h6-7,15H,3-5,8-11H2,1-2H3. The lowest BCUT2D eigenvalue weighted by Crippen LogP contribution is -2.54. The summed E-state index contributed by atoms with van der Waals surface area (Å²) in [6.45, 7) is 8.09. The van der Waals surface area contributed by atoms with Crippen LogP contribution < -0.4 is 9.80 Å². The van der Waals surface area contributed by atoms with Crippen LogP contribution in [0.15, 0.2) is 12.3 Å². The Morgan fingerprint density at radius 1 is 1.17 bits per heavy atom. The van der Waals surface area contributed by atoms with E-state index in [0.29, 0.717) is 31.2 Å². The normalized spacial score (nSPS) is 18.4. The minimum absolute atomic E-state index is 0.131. The highest BCUT2D eigenvalue weighted by atomic mass is 35.5. The minimum Gasteiger partial charge on any atom is -0.442 e. The van der Waals surface area contributed by atoms with Gasteiger partial charge in [0.1, 0.15) is 17.7 Å². The number of anilines is 2. The Hall–Kier alpha value is -2.61. The van der Waals surface area contributed by atoms with E-state index in [4.69, 9.17) is 16.3 Å². The zero-order valence-corrected chi connectivity index (χ0v) is 17.3. The molecule has 152 valence electrons. The third kappa shape index (κ3) is 3.35. The number of carbonyl (C=O) groups is 1. The molecule has 0 spiro atoms. The predicted octanol–water partition coefficient (Wildman–Crippen LogP) is 2.69. The second-order valence-electron chi connectivity index (χ2n) is 7.89. The van der Waals surface area contributed by atoms with Crippen LogP contribution in [0.1, 0.15) is 29.2 Å². The van der Waals surface area contributed by atoms with Crippen LogP contribution in [0.2, 0.25) is 5.02 Å². The molecule has 2 aromatic heterocycles. The van der Waals surface area contributed by atoms with Gasteiger partial charge in [0.25, 0.3) is 0 Å². The smallest absolute Gasteiger partial charge is 0.410 e. The minimum atomic E-state index is -0.292. The first kappa shape index (κ1) is 18.4. The summed E-state index contributed by atoms with van der Waals surface area (Å²) in [6.07, 6.45) is 2.56. The van der Waals surface area contributed by atoms with Gasteiger partial charge in [0.05, 0.1) is 54.5 Å². The molecule has 0 aromatic carbocycles. The van der Waals surface area contributed by atoms with Crippen molar-refractivity contribution in [3.05, 3.63) is 40.1 Å². The van der Waals surface area contributed by atoms with E-state index in [0.717, 1.165) is 47.4 Å². The first-order valence-electron chi connectivity index (χ1n) is 9.92. The number of ether oxygens (including phenoxy) is 1. The average molecular weight is 415 g/mol. The molecule has 5 rings (SSSR count). The van der Waals surface area contributed by atoms with E-state index in [1.165, 1.54) is 6.42 Å². The van der Waals surface area contributed by atoms with Gasteiger partial charge in [0.2, 0.25) is 0 Å². The Bertz CT molecular complexity index is 974. The number of carbonyl (C=O) groups excluding carboxylic acids is 1. The average Bonchev–Trinajstić information content (AvgIpc) is 3.03. The predicted molar refractivity (Wildman–Crippen MR) is 109 cm³/mol. The molecule has 0 radical (unpaired) electrons. The Kier molecular flexibility index (Phi) is 4.46. The largest absolute Gasteiger partial charge is 0.442 e. The van der Waals surface area contributed by atoms with Crippen LogP contribution in [0.3, 0.4) is 0 Å². The molecule has 0 bridgehead atoms. The van der Waals surface area contributed by atoms with E-state index in [9.17, 15) is 4.79 Å². The first-order valence-corrected chi connectivity index (χ1v) is 10.3. The van der Waals surface area contributed by atoms with Gasteiger partial charge in [0, 0.05) is 18.7 Å². The number of pyridine rings is 1. The summed E-state index contributed by atoms with van der Waals surface area (Å²) in [6, 6.07) is 1.90. The molecular formula is C20H23ClN6O2. The quantitative estimate of drug-likeness (QED) is 0.764. The number of aromatic nitrogens is 3. The van der Waals surface area contributed by atoms with E-state index in [-0.39, 0.29) is 12.2 Å². The van der Waals surface area contributed by atoms with E-state index >= 15 is 0 Å². The summed E-state index contributed by atoms with van der Waals surface area (Å²) in [5.41, 5.74) is 3.75. The lowest BCUT2D eigenvalue weighted by Gasteiger charge is -2.40. The monoisotopic (exact) mass is 414 g/mol. The molecule has 1 amide bonds. The highest BCUT2D eigenvalue weighted by Gasteiger charge is 2.36. The first-order chi connectivity index (χ1) is 14.0. The molecule has 0 aliphatic carbocycles. The van der Waals surface area contributed by atoms with Crippen LogP contribution >= 0.6 is 11.6 Å². The fourth-order valence-electron chi connectivity index (χ4n) is 3.89. The van der Waals surface area contributed by atoms with Crippen LogP contribution in [-0.4, -0.2) is 58.2 Å². The van der Waals surface area contributed by atoms with Gasteiger partial charge >= 0.3 is 6.09 Å². The van der Waals surface area contributed by atoms with Crippen LogP contribution in [0.5, 0.6) is 0 Å². The molecule has 2 fully saturated rings. The number of hydrogen-bond acceptors (Lipinski definition) is 7. The Morgan fingerprint density at radius 3 is 2.66 bits per heavy atom. The van der Waals surface area contributed by atoms with E-state index in [1.807, 2.05) is 19.9 Å². The molecule has 0 N–H and O–H groups in total. The van der Waals surface area contributed by atoms with E-state index in [1.54, 1.807) is 11.1 Å². The van der Waals surface area contributed by atoms with Crippen LogP contribution in [0.4, 0.5) is 16.3 Å². The van der Waals surface area contributed by atoms with Gasteiger partial charge in [-0.1, -0.05) is 11.6 Å². The van der Waals surface area contributed by atoms with Gasteiger partial charge in [-0.3, -0.25) is 9.88 Å². The van der Waals surface area contributed by atoms with Gasteiger partial charge in [-0.05, 0) is 26.3 Å². The van der Waals surface area contributed by atoms with E-state index < -0.39 is 0 Å². The Balaban J connectivity index is 1.20. The van der Waals surface area contributed by atoms with Crippen LogP contribution in [-0.2, 0) is 17.8 Å². The fraction of sp³-hybridized carbons (Fsp3) is 0.500. The van der Waals surface area contributed by atoms with Crippen molar-refractivity contribution >= 4 is 29.2 Å². The van der Waals surface area contributed by atoms with Crippen molar-refractivity contribution < 1.29 is 9.53 Å². The van der Waals surface area contributed by atoms with Gasteiger partial charge in [0.15, 0.2) is 0 Å². The summed E-state index contributed by atoms with van der Waals surface area (Å²) in [5.74, 6) is 1.73. The fourth-order valence-corrected chi connectivity index (χ4v) is 4.05. The molecule has 8 nitrogen and oxygen atoms in total. The molecule has 2 aromatic rings. The van der Waals surface area contributed by atoms with Crippen molar-refractivity contribution in [3.63, 3.8) is 0 Å². The molecule has 2 saturated heterocycles. The van der Waals surface area contributed by atoms with Crippen molar-refractivity contribution in [2.24, 2.45) is 0 Å². The third-order valence-electron chi connectivity index (χ3n) is 5.78. The summed E-state index contributed by atoms with van der Waals surface area (Å²) < 4.78 is 5.71. The molecule has 0 unspecified atom stereocenters. The lowest BCUT2D eigenvalue weighted by molar-refractivity contribution is 0.0490. The van der Waals surface area contributed by atoms with Crippen LogP contribution in [0.25, 0.3) is 0 Å². The van der Waals surface area contributed by atoms with Crippen molar-refractivity contribution in [3.8, 4) is 0 Å². The van der Waals surface area contributed by atoms with Gasteiger partial charge in [-0.15, -0.1) is 0 Å². The second kappa shape index (κ2) is 7.02. The Labute approximate surface area is 174 Å². The maximum absolute atomic E-state index is 12.7. The van der Waals surface area contributed by atoms with Crippen LogP contribution in [0, 0.1) is 13.8 Å². The maximum Gasteiger partial charge on any atom is 0.410 e. The highest BCUT2D eigenvalue weighted by molar-refractivity contribution is 6.31. The molecular weight excluding hydrogens is 392 g/mol. The van der Waals surface area contributed by atoms with Gasteiger partial charge in [-0.2, -0.15) is 0 Å². The molecule has 3 aliphatic rings. The molecule has 0 saturated carbocycles. The van der Waals surface area contributed by atoms with Gasteiger partial charge in [-0.25, -0.2) is 14.8 Å². The topological polar surface area (TPSA) is 74.7 Å². The van der Waals surface area contributed by atoms with Crippen molar-refractivity contribution in [2.45, 2.75) is 39.5 Å². The Morgan fingerprint density at radius 2 is 1.97 bits per heavy atom. The number of nitrogens with zero attached hydrogens (tertiary/aromatic N) is 6. The summed E-state index contributed by atoms with van der Waals surface area (Å²) in [5, 5.41) is 0.646. The zero-order chi connectivity index (χ0) is 20.1. The number of halogens is 1. The van der Waals surface area contributed by atoms with Crippen molar-refractivity contribution in [1.82, 2.24) is 19.9 Å². The number of aryl methyl sites for hydroxylation is 2. The summed E-state index contributed by atoms with van der Waals surface area (Å²) in [7, 11) is 0. The maximum atomic E-state index is 12.7. The highest BCUT2D eigenvalue weighted by Crippen LogP contribution is 2.32. The molecule has 29 heavy (non-hydrogen) atoms. The number of fused-ring (bicyclic) bond motifs is 1. The van der Waals surface area contributed by atoms with Gasteiger partial charge < -0.3 is 14.5 Å². The molecule has 3 aliphatic heterocycles. The number of hydrogen-bond donors (Lipinski definition) is 0. The second-order valence-corrected chi connectivity index (χ2v) is 8.30. The van der Waals surface area contributed by atoms with Crippen molar-refractivity contribution in [1.29, 1.82) is 0 Å². The third-order valence-corrected chi connectivity index (χ3v) is 6.16. The molecule has 0 atom stereocenters. The van der Waals surface area contributed by atoms with E-state index in [2.05, 4.69) is 24.8 Å².